The molecule has 88 valence electrons. The predicted octanol–water partition coefficient (Wildman–Crippen LogP) is 2.85. The molecule has 0 radical (unpaired) electrons. The summed E-state index contributed by atoms with van der Waals surface area (Å²) in [7, 11) is 0. The molecule has 0 atom stereocenters. The molecule has 0 aromatic carbocycles. The van der Waals surface area contributed by atoms with Crippen LogP contribution in [-0.4, -0.2) is 20.1 Å². The van der Waals surface area contributed by atoms with Crippen LogP contribution in [0.25, 0.3) is 22.8 Å². The minimum absolute atomic E-state index is 0.344. The zero-order valence-electron chi connectivity index (χ0n) is 9.12. The van der Waals surface area contributed by atoms with E-state index in [0.29, 0.717) is 22.4 Å². The van der Waals surface area contributed by atoms with Crippen LogP contribution >= 0.6 is 11.6 Å². The zero-order chi connectivity index (χ0) is 12.4. The molecule has 5 nitrogen and oxygen atoms in total. The van der Waals surface area contributed by atoms with Crippen LogP contribution in [0.5, 0.6) is 0 Å². The Morgan fingerprint density at radius 2 is 2.00 bits per heavy atom. The Morgan fingerprint density at radius 1 is 1.11 bits per heavy atom. The normalized spacial score (nSPS) is 10.5. The summed E-state index contributed by atoms with van der Waals surface area (Å²) in [5.74, 6) is 0.810. The van der Waals surface area contributed by atoms with E-state index in [1.807, 2.05) is 6.07 Å². The van der Waals surface area contributed by atoms with E-state index >= 15 is 0 Å². The Bertz CT molecular complexity index is 669. The van der Waals surface area contributed by atoms with Crippen LogP contribution in [0, 0.1) is 0 Å². The van der Waals surface area contributed by atoms with E-state index < -0.39 is 0 Å². The van der Waals surface area contributed by atoms with Gasteiger partial charge in [-0.15, -0.1) is 0 Å². The van der Waals surface area contributed by atoms with Gasteiger partial charge < -0.3 is 4.52 Å². The van der Waals surface area contributed by atoms with Gasteiger partial charge in [-0.3, -0.25) is 4.98 Å². The van der Waals surface area contributed by atoms with Gasteiger partial charge in [0.1, 0.15) is 5.15 Å². The van der Waals surface area contributed by atoms with Crippen LogP contribution in [0.1, 0.15) is 0 Å². The van der Waals surface area contributed by atoms with Crippen molar-refractivity contribution in [3.05, 3.63) is 48.0 Å². The van der Waals surface area contributed by atoms with Crippen molar-refractivity contribution in [2.24, 2.45) is 0 Å². The second-order valence-corrected chi connectivity index (χ2v) is 3.86. The van der Waals surface area contributed by atoms with E-state index in [1.54, 1.807) is 36.8 Å². The number of rotatable bonds is 2. The molecule has 3 aromatic rings. The lowest BCUT2D eigenvalue weighted by Crippen LogP contribution is -1.85. The van der Waals surface area contributed by atoms with Gasteiger partial charge in [-0.2, -0.15) is 4.98 Å². The first-order valence-electron chi connectivity index (χ1n) is 5.19. The molecular formula is C12H7ClN4O. The van der Waals surface area contributed by atoms with E-state index in [1.165, 1.54) is 0 Å². The molecule has 0 spiro atoms. The highest BCUT2D eigenvalue weighted by Gasteiger charge is 2.13. The number of hydrogen-bond acceptors (Lipinski definition) is 5. The molecule has 0 aliphatic rings. The van der Waals surface area contributed by atoms with Gasteiger partial charge in [-0.25, -0.2) is 4.98 Å². The lowest BCUT2D eigenvalue weighted by Gasteiger charge is -1.95. The second kappa shape index (κ2) is 4.54. The third-order valence-electron chi connectivity index (χ3n) is 2.33. The van der Waals surface area contributed by atoms with Crippen LogP contribution in [0.15, 0.2) is 47.4 Å². The van der Waals surface area contributed by atoms with Gasteiger partial charge in [0.05, 0.1) is 11.1 Å². The maximum absolute atomic E-state index is 5.97. The quantitative estimate of drug-likeness (QED) is 0.661. The first-order valence-corrected chi connectivity index (χ1v) is 5.57. The Labute approximate surface area is 107 Å². The van der Waals surface area contributed by atoms with Crippen LogP contribution in [-0.2, 0) is 0 Å². The van der Waals surface area contributed by atoms with E-state index in [0.717, 1.165) is 5.56 Å². The van der Waals surface area contributed by atoms with Crippen molar-refractivity contribution >= 4 is 11.6 Å². The molecule has 0 fully saturated rings. The molecule has 3 aromatic heterocycles. The van der Waals surface area contributed by atoms with E-state index in [4.69, 9.17) is 16.1 Å². The summed E-state index contributed by atoms with van der Waals surface area (Å²) in [4.78, 5) is 12.2. The highest BCUT2D eigenvalue weighted by Crippen LogP contribution is 2.25. The number of halogens is 1. The molecule has 0 unspecified atom stereocenters. The molecule has 3 heterocycles. The molecule has 0 amide bonds. The van der Waals surface area contributed by atoms with Crippen molar-refractivity contribution in [1.29, 1.82) is 0 Å². The van der Waals surface area contributed by atoms with Crippen LogP contribution in [0.3, 0.4) is 0 Å². The Hall–Kier alpha value is -2.27. The molecule has 3 rings (SSSR count). The summed E-state index contributed by atoms with van der Waals surface area (Å²) in [6, 6.07) is 7.19. The van der Waals surface area contributed by atoms with Gasteiger partial charge in [0.25, 0.3) is 5.89 Å². The number of hydrogen-bond donors (Lipinski definition) is 0. The number of aromatic nitrogens is 4. The zero-order valence-corrected chi connectivity index (χ0v) is 9.87. The summed E-state index contributed by atoms with van der Waals surface area (Å²) < 4.78 is 5.17. The highest BCUT2D eigenvalue weighted by atomic mass is 35.5. The molecule has 0 bridgehead atoms. The van der Waals surface area contributed by atoms with Crippen molar-refractivity contribution in [3.8, 4) is 22.8 Å². The monoisotopic (exact) mass is 258 g/mol. The maximum Gasteiger partial charge on any atom is 0.259 e. The van der Waals surface area contributed by atoms with Crippen LogP contribution < -0.4 is 0 Å². The van der Waals surface area contributed by atoms with E-state index in [9.17, 15) is 0 Å². The second-order valence-electron chi connectivity index (χ2n) is 3.51. The maximum atomic E-state index is 5.97. The smallest absolute Gasteiger partial charge is 0.259 e. The lowest BCUT2D eigenvalue weighted by molar-refractivity contribution is 0.432. The summed E-state index contributed by atoms with van der Waals surface area (Å²) in [5, 5.41) is 4.23. The van der Waals surface area contributed by atoms with Crippen molar-refractivity contribution in [3.63, 3.8) is 0 Å². The molecule has 0 N–H and O–H groups in total. The molecule has 0 saturated heterocycles. The van der Waals surface area contributed by atoms with Crippen molar-refractivity contribution in [2.75, 3.05) is 0 Å². The third kappa shape index (κ3) is 1.96. The number of nitrogens with zero attached hydrogens (tertiary/aromatic N) is 4. The van der Waals surface area contributed by atoms with Gasteiger partial charge in [-0.1, -0.05) is 16.8 Å². The minimum Gasteiger partial charge on any atom is -0.334 e. The van der Waals surface area contributed by atoms with Crippen molar-refractivity contribution < 1.29 is 4.52 Å². The summed E-state index contributed by atoms with van der Waals surface area (Å²) in [5.41, 5.74) is 1.40. The Morgan fingerprint density at radius 3 is 2.78 bits per heavy atom. The van der Waals surface area contributed by atoms with Crippen molar-refractivity contribution in [1.82, 2.24) is 20.1 Å². The SMILES string of the molecule is Clc1ncccc1-c1noc(-c2cccnc2)n1. The molecule has 0 aliphatic carbocycles. The van der Waals surface area contributed by atoms with Gasteiger partial charge in [0, 0.05) is 18.6 Å². The molecule has 0 saturated carbocycles. The first kappa shape index (κ1) is 10.9. The third-order valence-corrected chi connectivity index (χ3v) is 2.64. The summed E-state index contributed by atoms with van der Waals surface area (Å²) in [6.45, 7) is 0. The van der Waals surface area contributed by atoms with E-state index in [2.05, 4.69) is 20.1 Å². The molecule has 18 heavy (non-hydrogen) atoms. The fourth-order valence-electron chi connectivity index (χ4n) is 1.49. The average Bonchev–Trinajstić information content (AvgIpc) is 2.90. The molecule has 0 aliphatic heterocycles. The summed E-state index contributed by atoms with van der Waals surface area (Å²) >= 11 is 5.97. The standard InChI is InChI=1S/C12H7ClN4O/c13-10-9(4-2-6-15-10)11-16-12(18-17-11)8-3-1-5-14-7-8/h1-7H. The Balaban J connectivity index is 2.03. The first-order chi connectivity index (χ1) is 8.84. The lowest BCUT2D eigenvalue weighted by atomic mass is 10.2. The van der Waals surface area contributed by atoms with Gasteiger partial charge in [0.2, 0.25) is 5.82 Å². The summed E-state index contributed by atoms with van der Waals surface area (Å²) in [6.07, 6.45) is 4.94. The van der Waals surface area contributed by atoms with Gasteiger partial charge in [0.15, 0.2) is 0 Å². The average molecular weight is 259 g/mol. The van der Waals surface area contributed by atoms with Crippen LogP contribution in [0.2, 0.25) is 5.15 Å². The predicted molar refractivity (Wildman–Crippen MR) is 65.8 cm³/mol. The Kier molecular flexibility index (Phi) is 2.74. The number of pyridine rings is 2. The topological polar surface area (TPSA) is 64.7 Å². The largest absolute Gasteiger partial charge is 0.334 e. The highest BCUT2D eigenvalue weighted by molar-refractivity contribution is 6.31. The molecule has 6 heteroatoms. The van der Waals surface area contributed by atoms with Gasteiger partial charge in [-0.05, 0) is 24.3 Å². The minimum atomic E-state index is 0.344. The fraction of sp³-hybridized carbons (Fsp3) is 0. The van der Waals surface area contributed by atoms with Crippen LogP contribution in [0.4, 0.5) is 0 Å². The van der Waals surface area contributed by atoms with Crippen molar-refractivity contribution in [2.45, 2.75) is 0 Å². The fourth-order valence-corrected chi connectivity index (χ4v) is 1.70. The molecular weight excluding hydrogens is 252 g/mol. The van der Waals surface area contributed by atoms with E-state index in [-0.39, 0.29) is 0 Å². The van der Waals surface area contributed by atoms with Gasteiger partial charge >= 0.3 is 0 Å².